The molecule has 0 fully saturated rings. The van der Waals surface area contributed by atoms with Gasteiger partial charge < -0.3 is 30.4 Å². The molecule has 6 nitrogen and oxygen atoms in total. The molecule has 0 amide bonds. The summed E-state index contributed by atoms with van der Waals surface area (Å²) < 4.78 is 50.3. The smallest absolute Gasteiger partial charge is 0.169 e. The van der Waals surface area contributed by atoms with Crippen LogP contribution in [0.4, 0.5) is 8.78 Å². The van der Waals surface area contributed by atoms with Gasteiger partial charge in [0.15, 0.2) is 23.0 Å². The van der Waals surface area contributed by atoms with E-state index in [4.69, 9.17) is 76.8 Å². The lowest BCUT2D eigenvalue weighted by molar-refractivity contribution is 0.0971. The number of fused-ring (bicyclic) bond motifs is 2. The van der Waals surface area contributed by atoms with Crippen LogP contribution in [-0.2, 0) is 0 Å². The molecule has 6 rings (SSSR count). The second-order valence-corrected chi connectivity index (χ2v) is 11.0. The third kappa shape index (κ3) is 8.37. The van der Waals surface area contributed by atoms with E-state index >= 15 is 0 Å². The fourth-order valence-corrected chi connectivity index (χ4v) is 5.68. The molecule has 0 aliphatic carbocycles. The Labute approximate surface area is 287 Å². The zero-order valence-electron chi connectivity index (χ0n) is 22.2. The molecular weight excluding hydrogens is 692 g/mol. The van der Waals surface area contributed by atoms with Crippen LogP contribution in [0.5, 0.6) is 23.0 Å². The van der Waals surface area contributed by atoms with Crippen molar-refractivity contribution in [3.63, 3.8) is 0 Å². The van der Waals surface area contributed by atoms with Gasteiger partial charge in [0.05, 0.1) is 20.1 Å². The van der Waals surface area contributed by atoms with Crippen molar-refractivity contribution in [1.82, 2.24) is 0 Å². The number of ether oxygens (including phenoxy) is 4. The number of hydrogen-bond acceptors (Lipinski definition) is 6. The molecule has 0 saturated heterocycles. The van der Waals surface area contributed by atoms with Crippen LogP contribution in [0.25, 0.3) is 22.3 Å². The first kappa shape index (κ1) is 38.5. The summed E-state index contributed by atoms with van der Waals surface area (Å²) >= 11 is 24.8. The summed E-state index contributed by atoms with van der Waals surface area (Å²) in [7, 11) is 0. The van der Waals surface area contributed by atoms with Gasteiger partial charge in [-0.3, -0.25) is 0 Å². The molecule has 4 N–H and O–H groups in total. The Hall–Kier alpha value is -2.69. The first-order chi connectivity index (χ1) is 20.2. The highest BCUT2D eigenvalue weighted by Crippen LogP contribution is 2.47. The number of halogens is 7. The van der Waals surface area contributed by atoms with E-state index in [-0.39, 0.29) is 52.7 Å². The summed E-state index contributed by atoms with van der Waals surface area (Å²) in [6.45, 7) is 1.16. The molecule has 45 heavy (non-hydrogen) atoms. The lowest BCUT2D eigenvalue weighted by Crippen LogP contribution is -2.36. The molecule has 0 saturated carbocycles. The van der Waals surface area contributed by atoms with Crippen molar-refractivity contribution in [1.29, 1.82) is 0 Å². The van der Waals surface area contributed by atoms with Gasteiger partial charge in [0.1, 0.15) is 37.1 Å². The van der Waals surface area contributed by atoms with E-state index in [9.17, 15) is 8.78 Å². The largest absolute Gasteiger partial charge is 0.486 e. The molecule has 0 aromatic heterocycles. The number of benzene rings is 4. The van der Waals surface area contributed by atoms with Crippen LogP contribution in [0.2, 0.25) is 20.1 Å². The predicted octanol–water partition coefficient (Wildman–Crippen LogP) is 9.49. The lowest BCUT2D eigenvalue weighted by atomic mass is 10.0. The van der Waals surface area contributed by atoms with Crippen molar-refractivity contribution in [2.45, 2.75) is 27.1 Å². The maximum Gasteiger partial charge on any atom is 0.169 e. The number of nitrogens with two attached hydrogens (primary N) is 2. The van der Waals surface area contributed by atoms with E-state index < -0.39 is 11.6 Å². The molecule has 2 aliphatic rings. The van der Waals surface area contributed by atoms with E-state index in [1.54, 1.807) is 36.4 Å². The Morgan fingerprint density at radius 1 is 0.622 bits per heavy atom. The third-order valence-corrected chi connectivity index (χ3v) is 7.71. The Morgan fingerprint density at radius 3 is 1.27 bits per heavy atom. The van der Waals surface area contributed by atoms with Crippen LogP contribution in [-0.4, -0.2) is 38.5 Å². The maximum absolute atomic E-state index is 13.8. The van der Waals surface area contributed by atoms with Crippen molar-refractivity contribution in [3.05, 3.63) is 92.4 Å². The van der Waals surface area contributed by atoms with Crippen LogP contribution in [0.1, 0.15) is 14.9 Å². The summed E-state index contributed by atoms with van der Waals surface area (Å²) in [6.07, 6.45) is -0.578. The van der Waals surface area contributed by atoms with E-state index in [0.29, 0.717) is 78.4 Å². The van der Waals surface area contributed by atoms with Gasteiger partial charge in [0.2, 0.25) is 0 Å². The SMILES string of the molecule is C.C.Cl.NC[C@H]1COc2cc(F)cc(-c3c(Cl)cccc3Cl)c2O1.NC[C@H]1COc2cc(F)cc(-c3c(Cl)cccc3Cl)c2O1. The number of hydrogen-bond donors (Lipinski definition) is 2. The van der Waals surface area contributed by atoms with Crippen molar-refractivity contribution >= 4 is 58.8 Å². The van der Waals surface area contributed by atoms with Crippen molar-refractivity contribution < 1.29 is 27.7 Å². The molecule has 244 valence electrons. The molecule has 13 heteroatoms. The van der Waals surface area contributed by atoms with Crippen LogP contribution >= 0.6 is 58.8 Å². The van der Waals surface area contributed by atoms with Crippen molar-refractivity contribution in [3.8, 4) is 45.3 Å². The van der Waals surface area contributed by atoms with Gasteiger partial charge in [-0.2, -0.15) is 0 Å². The highest BCUT2D eigenvalue weighted by molar-refractivity contribution is 6.40. The van der Waals surface area contributed by atoms with Crippen molar-refractivity contribution in [2.24, 2.45) is 11.5 Å². The van der Waals surface area contributed by atoms with Crippen LogP contribution in [0.15, 0.2) is 60.7 Å². The topological polar surface area (TPSA) is 89.0 Å². The summed E-state index contributed by atoms with van der Waals surface area (Å²) in [5.74, 6) is 0.571. The zero-order valence-corrected chi connectivity index (χ0v) is 26.1. The summed E-state index contributed by atoms with van der Waals surface area (Å²) in [5.41, 5.74) is 13.2. The van der Waals surface area contributed by atoms with E-state index in [1.807, 2.05) is 0 Å². The Balaban J connectivity index is 0.000000294. The van der Waals surface area contributed by atoms with Crippen LogP contribution < -0.4 is 30.4 Å². The van der Waals surface area contributed by atoms with Gasteiger partial charge in [0, 0.05) is 47.5 Å². The second-order valence-electron chi connectivity index (χ2n) is 9.33. The standard InChI is InChI=1S/2C15H12Cl2FNO2.2CH4.ClH/c2*16-11-2-1-3-12(17)14(11)10-4-8(18)5-13-15(10)21-9(6-19)7-20-13;;;/h2*1-5,9H,6-7,19H2;2*1H4;1H/t2*9-;;;/m00.../s1. The molecular formula is C32H33Cl5F2N2O4. The first-order valence-corrected chi connectivity index (χ1v) is 14.3. The lowest BCUT2D eigenvalue weighted by Gasteiger charge is -2.28. The quantitative estimate of drug-likeness (QED) is 0.218. The Morgan fingerprint density at radius 2 is 0.956 bits per heavy atom. The van der Waals surface area contributed by atoms with E-state index in [2.05, 4.69) is 0 Å². The van der Waals surface area contributed by atoms with Crippen molar-refractivity contribution in [2.75, 3.05) is 26.3 Å². The van der Waals surface area contributed by atoms with E-state index in [1.165, 1.54) is 24.3 Å². The molecule has 4 aromatic rings. The van der Waals surface area contributed by atoms with Gasteiger partial charge in [-0.1, -0.05) is 73.4 Å². The van der Waals surface area contributed by atoms with E-state index in [0.717, 1.165) is 0 Å². The Bertz CT molecular complexity index is 1470. The summed E-state index contributed by atoms with van der Waals surface area (Å²) in [6, 6.07) is 15.4. The maximum atomic E-state index is 13.8. The molecule has 0 unspecified atom stereocenters. The molecule has 0 bridgehead atoms. The average molecular weight is 725 g/mol. The molecule has 2 aliphatic heterocycles. The van der Waals surface area contributed by atoms with Gasteiger partial charge in [-0.25, -0.2) is 8.78 Å². The predicted molar refractivity (Wildman–Crippen MR) is 182 cm³/mol. The molecule has 2 atom stereocenters. The molecule has 0 spiro atoms. The average Bonchev–Trinajstić information content (AvgIpc) is 2.96. The third-order valence-electron chi connectivity index (χ3n) is 6.45. The minimum atomic E-state index is -0.450. The first-order valence-electron chi connectivity index (χ1n) is 12.7. The van der Waals surface area contributed by atoms with Gasteiger partial charge in [-0.05, 0) is 36.4 Å². The minimum Gasteiger partial charge on any atom is -0.486 e. The summed E-state index contributed by atoms with van der Waals surface area (Å²) in [5, 5.41) is 1.64. The summed E-state index contributed by atoms with van der Waals surface area (Å²) in [4.78, 5) is 0. The van der Waals surface area contributed by atoms with Crippen LogP contribution in [0.3, 0.4) is 0 Å². The molecule has 4 aromatic carbocycles. The zero-order chi connectivity index (χ0) is 30.0. The van der Waals surface area contributed by atoms with Gasteiger partial charge in [-0.15, -0.1) is 12.4 Å². The molecule has 2 heterocycles. The highest BCUT2D eigenvalue weighted by Gasteiger charge is 2.27. The fraction of sp³-hybridized carbons (Fsp3) is 0.250. The normalized spacial score (nSPS) is 15.7. The fourth-order valence-electron chi connectivity index (χ4n) is 4.48. The second kappa shape index (κ2) is 16.7. The monoisotopic (exact) mass is 722 g/mol. The number of rotatable bonds is 4. The minimum absolute atomic E-state index is 0. The van der Waals surface area contributed by atoms with Crippen LogP contribution in [0, 0.1) is 11.6 Å². The molecule has 0 radical (unpaired) electrons. The van der Waals surface area contributed by atoms with Gasteiger partial charge >= 0.3 is 0 Å². The van der Waals surface area contributed by atoms with Gasteiger partial charge in [0.25, 0.3) is 0 Å². The highest BCUT2D eigenvalue weighted by atomic mass is 35.5. The Kier molecular flexibility index (Phi) is 14.3.